The molecular formula is C17H19BrFNO. The number of nitrogens with one attached hydrogen (secondary N) is 1. The smallest absolute Gasteiger partial charge is 0.137 e. The van der Waals surface area contributed by atoms with Gasteiger partial charge in [-0.1, -0.05) is 31.2 Å². The molecule has 1 unspecified atom stereocenters. The monoisotopic (exact) mass is 351 g/mol. The Morgan fingerprint density at radius 3 is 2.71 bits per heavy atom. The molecule has 1 atom stereocenters. The van der Waals surface area contributed by atoms with Gasteiger partial charge in [-0.3, -0.25) is 0 Å². The van der Waals surface area contributed by atoms with E-state index in [1.165, 1.54) is 6.07 Å². The summed E-state index contributed by atoms with van der Waals surface area (Å²) in [4.78, 5) is 0. The van der Waals surface area contributed by atoms with E-state index >= 15 is 0 Å². The molecule has 21 heavy (non-hydrogen) atoms. The molecule has 0 saturated carbocycles. The van der Waals surface area contributed by atoms with Crippen LogP contribution in [0.15, 0.2) is 46.9 Å². The van der Waals surface area contributed by atoms with Crippen molar-refractivity contribution in [3.8, 4) is 5.75 Å². The third-order valence-electron chi connectivity index (χ3n) is 3.40. The Morgan fingerprint density at radius 1 is 1.24 bits per heavy atom. The van der Waals surface area contributed by atoms with Gasteiger partial charge >= 0.3 is 0 Å². The van der Waals surface area contributed by atoms with E-state index in [0.29, 0.717) is 10.9 Å². The maximum Gasteiger partial charge on any atom is 0.137 e. The van der Waals surface area contributed by atoms with Crippen LogP contribution in [0.2, 0.25) is 0 Å². The summed E-state index contributed by atoms with van der Waals surface area (Å²) in [5.74, 6) is 0.599. The molecule has 0 aliphatic carbocycles. The Hall–Kier alpha value is -1.39. The lowest BCUT2D eigenvalue weighted by molar-refractivity contribution is 0.413. The zero-order valence-electron chi connectivity index (χ0n) is 12.2. The zero-order valence-corrected chi connectivity index (χ0v) is 13.8. The second kappa shape index (κ2) is 7.57. The van der Waals surface area contributed by atoms with Crippen molar-refractivity contribution in [3.63, 3.8) is 0 Å². The molecule has 2 rings (SSSR count). The molecule has 112 valence electrons. The highest BCUT2D eigenvalue weighted by Gasteiger charge is 2.15. The SMILES string of the molecule is CCNC(Cc1cccc(F)c1Br)c1cccc(OC)c1. The van der Waals surface area contributed by atoms with Crippen molar-refractivity contribution in [1.29, 1.82) is 0 Å². The number of benzene rings is 2. The Bertz CT molecular complexity index is 603. The van der Waals surface area contributed by atoms with Crippen LogP contribution < -0.4 is 10.1 Å². The van der Waals surface area contributed by atoms with Crippen LogP contribution in [0.3, 0.4) is 0 Å². The summed E-state index contributed by atoms with van der Waals surface area (Å²) in [5, 5.41) is 3.45. The molecular weight excluding hydrogens is 333 g/mol. The third-order valence-corrected chi connectivity index (χ3v) is 4.29. The maximum atomic E-state index is 13.6. The summed E-state index contributed by atoms with van der Waals surface area (Å²) in [7, 11) is 1.66. The third kappa shape index (κ3) is 4.05. The fourth-order valence-electron chi connectivity index (χ4n) is 2.34. The molecule has 0 bridgehead atoms. The summed E-state index contributed by atoms with van der Waals surface area (Å²) in [6.07, 6.45) is 0.708. The molecule has 2 nitrogen and oxygen atoms in total. The van der Waals surface area contributed by atoms with Crippen LogP contribution in [0.4, 0.5) is 4.39 Å². The van der Waals surface area contributed by atoms with E-state index in [1.54, 1.807) is 13.2 Å². The second-order valence-electron chi connectivity index (χ2n) is 4.80. The lowest BCUT2D eigenvalue weighted by atomic mass is 9.98. The highest BCUT2D eigenvalue weighted by Crippen LogP contribution is 2.27. The largest absolute Gasteiger partial charge is 0.497 e. The van der Waals surface area contributed by atoms with Gasteiger partial charge in [0.25, 0.3) is 0 Å². The molecule has 0 saturated heterocycles. The van der Waals surface area contributed by atoms with Gasteiger partial charge in [0.15, 0.2) is 0 Å². The molecule has 4 heteroatoms. The van der Waals surface area contributed by atoms with Crippen molar-refractivity contribution in [1.82, 2.24) is 5.32 Å². The van der Waals surface area contributed by atoms with Crippen LogP contribution in [0.5, 0.6) is 5.75 Å². The molecule has 0 heterocycles. The summed E-state index contributed by atoms with van der Waals surface area (Å²) in [6.45, 7) is 2.91. The van der Waals surface area contributed by atoms with Crippen molar-refractivity contribution in [2.75, 3.05) is 13.7 Å². The first-order valence-corrected chi connectivity index (χ1v) is 7.75. The van der Waals surface area contributed by atoms with Crippen molar-refractivity contribution in [3.05, 3.63) is 63.9 Å². The minimum absolute atomic E-state index is 0.114. The van der Waals surface area contributed by atoms with Gasteiger partial charge in [-0.15, -0.1) is 0 Å². The van der Waals surface area contributed by atoms with E-state index < -0.39 is 0 Å². The molecule has 2 aromatic carbocycles. The zero-order chi connectivity index (χ0) is 15.2. The Morgan fingerprint density at radius 2 is 2.00 bits per heavy atom. The van der Waals surface area contributed by atoms with Gasteiger partial charge in [-0.25, -0.2) is 4.39 Å². The predicted octanol–water partition coefficient (Wildman–Crippen LogP) is 4.49. The second-order valence-corrected chi connectivity index (χ2v) is 5.60. The molecule has 1 N–H and O–H groups in total. The molecule has 0 aliphatic heterocycles. The van der Waals surface area contributed by atoms with E-state index in [-0.39, 0.29) is 11.9 Å². The van der Waals surface area contributed by atoms with Crippen molar-refractivity contribution in [2.24, 2.45) is 0 Å². The van der Waals surface area contributed by atoms with Gasteiger partial charge in [0.1, 0.15) is 11.6 Å². The number of ether oxygens (including phenoxy) is 1. The highest BCUT2D eigenvalue weighted by molar-refractivity contribution is 9.10. The van der Waals surface area contributed by atoms with Gasteiger partial charge in [0, 0.05) is 6.04 Å². The average molecular weight is 352 g/mol. The van der Waals surface area contributed by atoms with Crippen LogP contribution >= 0.6 is 15.9 Å². The molecule has 0 spiro atoms. The number of hydrogen-bond donors (Lipinski definition) is 1. The Balaban J connectivity index is 2.28. The molecule has 2 aromatic rings. The van der Waals surface area contributed by atoms with E-state index in [0.717, 1.165) is 23.4 Å². The molecule has 0 amide bonds. The van der Waals surface area contributed by atoms with Gasteiger partial charge in [0.05, 0.1) is 11.6 Å². The van der Waals surface area contributed by atoms with Crippen LogP contribution in [-0.4, -0.2) is 13.7 Å². The number of rotatable bonds is 6. The predicted molar refractivity (Wildman–Crippen MR) is 87.2 cm³/mol. The van der Waals surface area contributed by atoms with Gasteiger partial charge in [0.2, 0.25) is 0 Å². The lowest BCUT2D eigenvalue weighted by Gasteiger charge is -2.20. The van der Waals surface area contributed by atoms with Crippen LogP contribution in [0, 0.1) is 5.82 Å². The topological polar surface area (TPSA) is 21.3 Å². The number of methoxy groups -OCH3 is 1. The number of hydrogen-bond acceptors (Lipinski definition) is 2. The Labute approximate surface area is 133 Å². The highest BCUT2D eigenvalue weighted by atomic mass is 79.9. The molecule has 0 aliphatic rings. The van der Waals surface area contributed by atoms with Crippen molar-refractivity contribution >= 4 is 15.9 Å². The fourth-order valence-corrected chi connectivity index (χ4v) is 2.76. The average Bonchev–Trinajstić information content (AvgIpc) is 2.51. The lowest BCUT2D eigenvalue weighted by Crippen LogP contribution is -2.23. The van der Waals surface area contributed by atoms with Crippen molar-refractivity contribution < 1.29 is 9.13 Å². The van der Waals surface area contributed by atoms with E-state index in [2.05, 4.69) is 34.2 Å². The van der Waals surface area contributed by atoms with Gasteiger partial charge in [-0.05, 0) is 58.2 Å². The summed E-state index contributed by atoms with van der Waals surface area (Å²) in [5.41, 5.74) is 2.08. The van der Waals surface area contributed by atoms with Crippen LogP contribution in [0.25, 0.3) is 0 Å². The maximum absolute atomic E-state index is 13.6. The van der Waals surface area contributed by atoms with E-state index in [9.17, 15) is 4.39 Å². The first-order chi connectivity index (χ1) is 10.2. The van der Waals surface area contributed by atoms with Gasteiger partial charge < -0.3 is 10.1 Å². The normalized spacial score (nSPS) is 12.2. The van der Waals surface area contributed by atoms with E-state index in [4.69, 9.17) is 4.74 Å². The van der Waals surface area contributed by atoms with Gasteiger partial charge in [-0.2, -0.15) is 0 Å². The minimum atomic E-state index is -0.228. The van der Waals surface area contributed by atoms with E-state index in [1.807, 2.05) is 24.3 Å². The molecule has 0 aromatic heterocycles. The molecule has 0 radical (unpaired) electrons. The quantitative estimate of drug-likeness (QED) is 0.827. The van der Waals surface area contributed by atoms with Crippen molar-refractivity contribution in [2.45, 2.75) is 19.4 Å². The summed E-state index contributed by atoms with van der Waals surface area (Å²) >= 11 is 3.33. The van der Waals surface area contributed by atoms with Crippen LogP contribution in [0.1, 0.15) is 24.1 Å². The van der Waals surface area contributed by atoms with Crippen LogP contribution in [-0.2, 0) is 6.42 Å². The Kier molecular flexibility index (Phi) is 5.76. The number of halogens is 2. The molecule has 0 fully saturated rings. The summed E-state index contributed by atoms with van der Waals surface area (Å²) < 4.78 is 19.5. The number of likely N-dealkylation sites (N-methyl/N-ethyl adjacent to an activating group) is 1. The standard InChI is InChI=1S/C17H19BrFNO/c1-3-20-16(12-6-4-8-14(10-12)21-2)11-13-7-5-9-15(19)17(13)18/h4-10,16,20H,3,11H2,1-2H3. The first-order valence-electron chi connectivity index (χ1n) is 6.96. The fraction of sp³-hybridized carbons (Fsp3) is 0.294. The summed E-state index contributed by atoms with van der Waals surface area (Å²) in [6, 6.07) is 13.2. The minimum Gasteiger partial charge on any atom is -0.497 e. The first kappa shape index (κ1) is 16.0.